The third kappa shape index (κ3) is 5.46. The first kappa shape index (κ1) is 20.6. The van der Waals surface area contributed by atoms with Gasteiger partial charge in [0.2, 0.25) is 5.95 Å². The van der Waals surface area contributed by atoms with Gasteiger partial charge in [0.15, 0.2) is 0 Å². The molecule has 30 heavy (non-hydrogen) atoms. The van der Waals surface area contributed by atoms with Crippen LogP contribution in [0.1, 0.15) is 32.7 Å². The SMILES string of the molecule is COc1cccc(CNC(=O)c2cccc(C)c2/C=C\C#Cc2ccnc(N)n2)c1. The number of nitrogens with two attached hydrogens (primary N) is 1. The quantitative estimate of drug-likeness (QED) is 0.643. The van der Waals surface area contributed by atoms with Gasteiger partial charge >= 0.3 is 0 Å². The maximum Gasteiger partial charge on any atom is 0.252 e. The normalized spacial score (nSPS) is 10.3. The highest BCUT2D eigenvalue weighted by Crippen LogP contribution is 2.17. The summed E-state index contributed by atoms with van der Waals surface area (Å²) >= 11 is 0. The summed E-state index contributed by atoms with van der Waals surface area (Å²) in [7, 11) is 1.62. The first-order chi connectivity index (χ1) is 14.6. The Morgan fingerprint density at radius 1 is 1.23 bits per heavy atom. The number of nitrogens with one attached hydrogen (secondary N) is 1. The number of ether oxygens (including phenoxy) is 1. The molecule has 150 valence electrons. The number of rotatable bonds is 5. The first-order valence-electron chi connectivity index (χ1n) is 9.34. The van der Waals surface area contributed by atoms with Crippen LogP contribution in [-0.2, 0) is 6.54 Å². The Bertz CT molecular complexity index is 1140. The van der Waals surface area contributed by atoms with Crippen LogP contribution in [0, 0.1) is 18.8 Å². The van der Waals surface area contributed by atoms with Crippen LogP contribution in [-0.4, -0.2) is 23.0 Å². The third-order valence-electron chi connectivity index (χ3n) is 4.36. The van der Waals surface area contributed by atoms with Crippen molar-refractivity contribution in [1.82, 2.24) is 15.3 Å². The fraction of sp³-hybridized carbons (Fsp3) is 0.125. The van der Waals surface area contributed by atoms with E-state index < -0.39 is 0 Å². The zero-order valence-electron chi connectivity index (χ0n) is 16.8. The second-order valence-corrected chi connectivity index (χ2v) is 6.47. The van der Waals surface area contributed by atoms with E-state index >= 15 is 0 Å². The molecule has 0 aliphatic carbocycles. The Balaban J connectivity index is 1.74. The minimum atomic E-state index is -0.155. The van der Waals surface area contributed by atoms with E-state index in [2.05, 4.69) is 27.1 Å². The van der Waals surface area contributed by atoms with Crippen LogP contribution in [0.4, 0.5) is 5.95 Å². The van der Waals surface area contributed by atoms with Crippen LogP contribution in [0.15, 0.2) is 60.8 Å². The molecular formula is C24H22N4O2. The molecule has 0 radical (unpaired) electrons. The number of hydrogen-bond acceptors (Lipinski definition) is 5. The Morgan fingerprint density at radius 3 is 2.87 bits per heavy atom. The van der Waals surface area contributed by atoms with Gasteiger partial charge in [0, 0.05) is 18.3 Å². The Morgan fingerprint density at radius 2 is 2.07 bits per heavy atom. The van der Waals surface area contributed by atoms with Gasteiger partial charge in [0.25, 0.3) is 5.91 Å². The molecular weight excluding hydrogens is 376 g/mol. The molecule has 2 aromatic carbocycles. The second kappa shape index (κ2) is 9.89. The number of amides is 1. The number of nitrogens with zero attached hydrogens (tertiary/aromatic N) is 2. The van der Waals surface area contributed by atoms with Gasteiger partial charge < -0.3 is 15.8 Å². The molecule has 6 nitrogen and oxygen atoms in total. The zero-order valence-corrected chi connectivity index (χ0v) is 16.8. The van der Waals surface area contributed by atoms with Gasteiger partial charge in [-0.1, -0.05) is 30.2 Å². The topological polar surface area (TPSA) is 90.1 Å². The second-order valence-electron chi connectivity index (χ2n) is 6.47. The summed E-state index contributed by atoms with van der Waals surface area (Å²) in [6.45, 7) is 2.36. The van der Waals surface area contributed by atoms with E-state index in [1.807, 2.05) is 49.4 Å². The molecule has 1 aromatic heterocycles. The Labute approximate surface area is 175 Å². The number of nitrogen functional groups attached to an aromatic ring is 1. The number of methoxy groups -OCH3 is 1. The van der Waals surface area contributed by atoms with Crippen LogP contribution in [0.2, 0.25) is 0 Å². The van der Waals surface area contributed by atoms with Gasteiger partial charge in [0.1, 0.15) is 11.4 Å². The number of carbonyl (C=O) groups is 1. The van der Waals surface area contributed by atoms with Crippen molar-refractivity contribution in [3.8, 4) is 17.6 Å². The average Bonchev–Trinajstić information content (AvgIpc) is 2.76. The van der Waals surface area contributed by atoms with E-state index in [1.54, 1.807) is 31.5 Å². The van der Waals surface area contributed by atoms with Crippen molar-refractivity contribution in [2.45, 2.75) is 13.5 Å². The summed E-state index contributed by atoms with van der Waals surface area (Å²) in [6, 6.07) is 14.9. The van der Waals surface area contributed by atoms with Gasteiger partial charge in [-0.2, -0.15) is 0 Å². The summed E-state index contributed by atoms with van der Waals surface area (Å²) in [6.07, 6.45) is 5.08. The summed E-state index contributed by atoms with van der Waals surface area (Å²) in [5, 5.41) is 2.96. The summed E-state index contributed by atoms with van der Waals surface area (Å²) in [5.41, 5.74) is 9.43. The largest absolute Gasteiger partial charge is 0.497 e. The lowest BCUT2D eigenvalue weighted by Crippen LogP contribution is -2.23. The minimum Gasteiger partial charge on any atom is -0.497 e. The predicted octanol–water partition coefficient (Wildman–Crippen LogP) is 3.37. The lowest BCUT2D eigenvalue weighted by Gasteiger charge is -2.10. The van der Waals surface area contributed by atoms with E-state index in [0.29, 0.717) is 17.8 Å². The van der Waals surface area contributed by atoms with Crippen molar-refractivity contribution in [2.24, 2.45) is 0 Å². The molecule has 0 unspecified atom stereocenters. The number of allylic oxidation sites excluding steroid dienone is 1. The summed E-state index contributed by atoms with van der Waals surface area (Å²) in [4.78, 5) is 20.7. The fourth-order valence-corrected chi connectivity index (χ4v) is 2.84. The van der Waals surface area contributed by atoms with Crippen molar-refractivity contribution in [3.05, 3.63) is 88.8 Å². The van der Waals surface area contributed by atoms with Gasteiger partial charge in [-0.3, -0.25) is 4.79 Å². The highest BCUT2D eigenvalue weighted by molar-refractivity contribution is 5.98. The average molecular weight is 398 g/mol. The Hall–Kier alpha value is -4.11. The number of benzene rings is 2. The molecule has 0 bridgehead atoms. The molecule has 0 saturated carbocycles. The lowest BCUT2D eigenvalue weighted by molar-refractivity contribution is 0.0950. The van der Waals surface area contributed by atoms with Crippen molar-refractivity contribution >= 4 is 17.9 Å². The molecule has 0 atom stereocenters. The highest BCUT2D eigenvalue weighted by Gasteiger charge is 2.11. The number of carbonyl (C=O) groups excluding carboxylic acids is 1. The van der Waals surface area contributed by atoms with Crippen LogP contribution in [0.3, 0.4) is 0 Å². The summed E-state index contributed by atoms with van der Waals surface area (Å²) < 4.78 is 5.22. The van der Waals surface area contributed by atoms with Gasteiger partial charge in [-0.15, -0.1) is 0 Å². The monoisotopic (exact) mass is 398 g/mol. The molecule has 6 heteroatoms. The van der Waals surface area contributed by atoms with Gasteiger partial charge in [-0.25, -0.2) is 9.97 Å². The van der Waals surface area contributed by atoms with Crippen molar-refractivity contribution in [3.63, 3.8) is 0 Å². The van der Waals surface area contributed by atoms with E-state index in [0.717, 1.165) is 22.4 Å². The van der Waals surface area contributed by atoms with Gasteiger partial charge in [-0.05, 0) is 66.0 Å². The predicted molar refractivity (Wildman–Crippen MR) is 118 cm³/mol. The van der Waals surface area contributed by atoms with E-state index in [4.69, 9.17) is 10.5 Å². The molecule has 3 aromatic rings. The third-order valence-corrected chi connectivity index (χ3v) is 4.36. The van der Waals surface area contributed by atoms with Crippen LogP contribution in [0.5, 0.6) is 5.75 Å². The molecule has 0 saturated heterocycles. The van der Waals surface area contributed by atoms with E-state index in [1.165, 1.54) is 0 Å². The molecule has 0 aliphatic heterocycles. The standard InChI is InChI=1S/C24H22N4O2/c1-17-7-5-12-22(23(29)27-16-18-8-6-10-20(15-18)30-2)21(17)11-4-3-9-19-13-14-26-24(25)28-19/h4-8,10-15H,16H2,1-2H3,(H,27,29)(H2,25,26,28)/b11-4-. The van der Waals surface area contributed by atoms with E-state index in [9.17, 15) is 4.79 Å². The molecule has 3 rings (SSSR count). The van der Waals surface area contributed by atoms with Crippen molar-refractivity contribution < 1.29 is 9.53 Å². The number of anilines is 1. The molecule has 1 heterocycles. The van der Waals surface area contributed by atoms with Crippen LogP contribution in [0.25, 0.3) is 6.08 Å². The molecule has 0 aliphatic rings. The number of aryl methyl sites for hydroxylation is 1. The molecule has 0 fully saturated rings. The van der Waals surface area contributed by atoms with E-state index in [-0.39, 0.29) is 11.9 Å². The maximum absolute atomic E-state index is 12.8. The smallest absolute Gasteiger partial charge is 0.252 e. The summed E-state index contributed by atoms with van der Waals surface area (Å²) in [5.74, 6) is 6.60. The zero-order chi connectivity index (χ0) is 21.3. The van der Waals surface area contributed by atoms with Crippen molar-refractivity contribution in [1.29, 1.82) is 0 Å². The number of hydrogen-bond donors (Lipinski definition) is 2. The molecule has 1 amide bonds. The number of aromatic nitrogens is 2. The molecule has 3 N–H and O–H groups in total. The minimum absolute atomic E-state index is 0.155. The lowest BCUT2D eigenvalue weighted by atomic mass is 10.0. The first-order valence-corrected chi connectivity index (χ1v) is 9.34. The molecule has 0 spiro atoms. The van der Waals surface area contributed by atoms with Crippen molar-refractivity contribution in [2.75, 3.05) is 12.8 Å². The fourth-order valence-electron chi connectivity index (χ4n) is 2.84. The van der Waals surface area contributed by atoms with Crippen LogP contribution < -0.4 is 15.8 Å². The highest BCUT2D eigenvalue weighted by atomic mass is 16.5. The maximum atomic E-state index is 12.8. The van der Waals surface area contributed by atoms with Crippen LogP contribution >= 0.6 is 0 Å². The van der Waals surface area contributed by atoms with Gasteiger partial charge in [0.05, 0.1) is 7.11 Å². The Kier molecular flexibility index (Phi) is 6.80.